The van der Waals surface area contributed by atoms with Gasteiger partial charge >= 0.3 is 0 Å². The molecule has 2 aromatic rings. The van der Waals surface area contributed by atoms with Crippen molar-refractivity contribution in [3.8, 4) is 11.8 Å². The van der Waals surface area contributed by atoms with Crippen molar-refractivity contribution >= 4 is 28.6 Å². The topological polar surface area (TPSA) is 136 Å². The Labute approximate surface area is 168 Å². The molecule has 9 nitrogen and oxygen atoms in total. The van der Waals surface area contributed by atoms with Crippen molar-refractivity contribution in [3.63, 3.8) is 0 Å². The van der Waals surface area contributed by atoms with Crippen LogP contribution in [-0.4, -0.2) is 49.4 Å². The fourth-order valence-corrected chi connectivity index (χ4v) is 3.02. The molecule has 9 heteroatoms. The van der Waals surface area contributed by atoms with Crippen LogP contribution in [0.1, 0.15) is 30.3 Å². The summed E-state index contributed by atoms with van der Waals surface area (Å²) in [6, 6.07) is 8.21. The third kappa shape index (κ3) is 5.48. The average molecular weight is 399 g/mol. The third-order valence-electron chi connectivity index (χ3n) is 4.62. The van der Waals surface area contributed by atoms with E-state index >= 15 is 0 Å². The van der Waals surface area contributed by atoms with Crippen LogP contribution in [0.5, 0.6) is 5.75 Å². The van der Waals surface area contributed by atoms with Gasteiger partial charge in [0.25, 0.3) is 5.91 Å². The number of benzene rings is 1. The van der Waals surface area contributed by atoms with Crippen LogP contribution in [0.2, 0.25) is 0 Å². The Morgan fingerprint density at radius 1 is 1.31 bits per heavy atom. The Morgan fingerprint density at radius 2 is 2.07 bits per heavy atom. The number of nitrogens with one attached hydrogen (secondary N) is 4. The van der Waals surface area contributed by atoms with Crippen molar-refractivity contribution < 1.29 is 19.1 Å². The first-order valence-electron chi connectivity index (χ1n) is 9.27. The third-order valence-corrected chi connectivity index (χ3v) is 4.62. The largest absolute Gasteiger partial charge is 0.496 e. The Balaban J connectivity index is 1.93. The summed E-state index contributed by atoms with van der Waals surface area (Å²) in [7, 11) is 3.07. The number of nitrogens with zero attached hydrogens (tertiary/aromatic N) is 1. The van der Waals surface area contributed by atoms with E-state index in [4.69, 9.17) is 4.74 Å². The van der Waals surface area contributed by atoms with E-state index in [0.717, 1.165) is 10.9 Å². The fraction of sp³-hybridized carbons (Fsp3) is 0.400. The lowest BCUT2D eigenvalue weighted by molar-refractivity contribution is -0.125. The van der Waals surface area contributed by atoms with Gasteiger partial charge in [-0.05, 0) is 31.0 Å². The highest BCUT2D eigenvalue weighted by Gasteiger charge is 2.22. The molecule has 2 rings (SSSR count). The van der Waals surface area contributed by atoms with Gasteiger partial charge in [0.2, 0.25) is 11.8 Å². The summed E-state index contributed by atoms with van der Waals surface area (Å²) >= 11 is 0. The minimum atomic E-state index is -0.820. The summed E-state index contributed by atoms with van der Waals surface area (Å²) < 4.78 is 5.27. The zero-order valence-corrected chi connectivity index (χ0v) is 16.7. The van der Waals surface area contributed by atoms with Gasteiger partial charge in [-0.1, -0.05) is 13.0 Å². The van der Waals surface area contributed by atoms with Crippen LogP contribution < -0.4 is 20.7 Å². The number of methoxy groups -OCH3 is 1. The summed E-state index contributed by atoms with van der Waals surface area (Å²) in [5.41, 5.74) is 1.03. The van der Waals surface area contributed by atoms with Crippen LogP contribution in [0, 0.1) is 17.2 Å². The number of hydrogen-bond acceptors (Lipinski definition) is 5. The number of nitriles is 1. The monoisotopic (exact) mass is 399 g/mol. The Hall–Kier alpha value is -3.54. The SMILES string of the molecule is CCC(CC(C#N)NC(=O)CNC(=O)c1cc2c(OC)cccc2[nH]1)C(=O)NC. The molecule has 154 valence electrons. The van der Waals surface area contributed by atoms with E-state index in [9.17, 15) is 19.6 Å². The highest BCUT2D eigenvalue weighted by atomic mass is 16.5. The number of amides is 3. The van der Waals surface area contributed by atoms with Gasteiger partial charge in [0.1, 0.15) is 17.5 Å². The molecule has 3 amide bonds. The second-order valence-corrected chi connectivity index (χ2v) is 6.49. The number of aromatic amines is 1. The predicted octanol–water partition coefficient (Wildman–Crippen LogP) is 1.08. The average Bonchev–Trinajstić information content (AvgIpc) is 3.18. The lowest BCUT2D eigenvalue weighted by Crippen LogP contribution is -2.43. The number of carbonyl (C=O) groups excluding carboxylic acids is 3. The van der Waals surface area contributed by atoms with Gasteiger partial charge in [0.05, 0.1) is 19.7 Å². The predicted molar refractivity (Wildman–Crippen MR) is 107 cm³/mol. The van der Waals surface area contributed by atoms with E-state index in [1.165, 1.54) is 7.05 Å². The summed E-state index contributed by atoms with van der Waals surface area (Å²) in [5, 5.41) is 17.6. The van der Waals surface area contributed by atoms with Crippen LogP contribution in [-0.2, 0) is 9.59 Å². The van der Waals surface area contributed by atoms with Crippen LogP contribution in [0.25, 0.3) is 10.9 Å². The molecule has 1 heterocycles. The summed E-state index contributed by atoms with van der Waals surface area (Å²) in [6.45, 7) is 1.55. The van der Waals surface area contributed by atoms with Crippen molar-refractivity contribution in [1.29, 1.82) is 5.26 Å². The normalized spacial score (nSPS) is 12.5. The van der Waals surface area contributed by atoms with E-state index in [1.807, 2.05) is 19.1 Å². The van der Waals surface area contributed by atoms with Crippen LogP contribution in [0.15, 0.2) is 24.3 Å². The highest BCUT2D eigenvalue weighted by Crippen LogP contribution is 2.25. The molecule has 0 radical (unpaired) electrons. The molecular weight excluding hydrogens is 374 g/mol. The van der Waals surface area contributed by atoms with Crippen LogP contribution in [0.3, 0.4) is 0 Å². The maximum Gasteiger partial charge on any atom is 0.268 e. The number of H-pyrrole nitrogens is 1. The van der Waals surface area contributed by atoms with E-state index in [1.54, 1.807) is 25.3 Å². The first-order chi connectivity index (χ1) is 13.9. The second-order valence-electron chi connectivity index (χ2n) is 6.49. The van der Waals surface area contributed by atoms with Crippen LogP contribution in [0.4, 0.5) is 0 Å². The van der Waals surface area contributed by atoms with E-state index in [-0.39, 0.29) is 24.8 Å². The molecular formula is C20H25N5O4. The lowest BCUT2D eigenvalue weighted by atomic mass is 9.97. The lowest BCUT2D eigenvalue weighted by Gasteiger charge is -2.18. The molecule has 1 aromatic carbocycles. The van der Waals surface area contributed by atoms with E-state index in [0.29, 0.717) is 17.9 Å². The van der Waals surface area contributed by atoms with Gasteiger partial charge < -0.3 is 25.7 Å². The Bertz CT molecular complexity index is 931. The maximum atomic E-state index is 12.3. The quantitative estimate of drug-likeness (QED) is 0.500. The number of rotatable bonds is 9. The molecule has 29 heavy (non-hydrogen) atoms. The molecule has 4 N–H and O–H groups in total. The zero-order valence-electron chi connectivity index (χ0n) is 16.7. The zero-order chi connectivity index (χ0) is 21.4. The summed E-state index contributed by atoms with van der Waals surface area (Å²) in [4.78, 5) is 39.2. The van der Waals surface area contributed by atoms with Gasteiger partial charge in [0.15, 0.2) is 0 Å². The number of carbonyl (C=O) groups is 3. The molecule has 0 fully saturated rings. The van der Waals surface area contributed by atoms with Gasteiger partial charge in [-0.3, -0.25) is 14.4 Å². The van der Waals surface area contributed by atoms with Gasteiger partial charge in [-0.2, -0.15) is 5.26 Å². The minimum Gasteiger partial charge on any atom is -0.496 e. The van der Waals surface area contributed by atoms with Crippen molar-refractivity contribution in [2.75, 3.05) is 20.7 Å². The van der Waals surface area contributed by atoms with Gasteiger partial charge in [-0.25, -0.2) is 0 Å². The molecule has 0 saturated carbocycles. The first-order valence-corrected chi connectivity index (χ1v) is 9.27. The summed E-state index contributed by atoms with van der Waals surface area (Å²) in [6.07, 6.45) is 0.752. The molecule has 2 atom stereocenters. The smallest absolute Gasteiger partial charge is 0.268 e. The molecule has 0 bridgehead atoms. The molecule has 0 aliphatic rings. The molecule has 0 spiro atoms. The van der Waals surface area contributed by atoms with Crippen molar-refractivity contribution in [2.24, 2.45) is 5.92 Å². The molecule has 0 aliphatic heterocycles. The number of aromatic nitrogens is 1. The van der Waals surface area contributed by atoms with Gasteiger partial charge in [0, 0.05) is 23.9 Å². The molecule has 2 unspecified atom stereocenters. The van der Waals surface area contributed by atoms with Gasteiger partial charge in [-0.15, -0.1) is 0 Å². The molecule has 0 saturated heterocycles. The van der Waals surface area contributed by atoms with Crippen LogP contribution >= 0.6 is 0 Å². The van der Waals surface area contributed by atoms with Crippen molar-refractivity contribution in [2.45, 2.75) is 25.8 Å². The minimum absolute atomic E-state index is 0.176. The van der Waals surface area contributed by atoms with E-state index < -0.39 is 17.9 Å². The Kier molecular flexibility index (Phi) is 7.60. The molecule has 1 aromatic heterocycles. The number of fused-ring (bicyclic) bond motifs is 1. The van der Waals surface area contributed by atoms with Crippen molar-refractivity contribution in [3.05, 3.63) is 30.0 Å². The standard InChI is InChI=1S/C20H25N5O4/c1-4-12(19(27)22-2)8-13(10-21)24-18(26)11-23-20(28)16-9-14-15(25-16)6-5-7-17(14)29-3/h5-7,9,12-13,25H,4,8,11H2,1-3H3,(H,22,27)(H,23,28)(H,24,26). The van der Waals surface area contributed by atoms with Crippen molar-refractivity contribution in [1.82, 2.24) is 20.9 Å². The number of ether oxygens (including phenoxy) is 1. The highest BCUT2D eigenvalue weighted by molar-refractivity contribution is 6.00. The fourth-order valence-electron chi connectivity index (χ4n) is 3.02. The number of hydrogen-bond donors (Lipinski definition) is 4. The molecule has 0 aliphatic carbocycles. The van der Waals surface area contributed by atoms with E-state index in [2.05, 4.69) is 20.9 Å². The second kappa shape index (κ2) is 10.1. The summed E-state index contributed by atoms with van der Waals surface area (Å²) in [5.74, 6) is -0.881. The first kappa shape index (κ1) is 21.8. The maximum absolute atomic E-state index is 12.3. The Morgan fingerprint density at radius 3 is 2.69 bits per heavy atom.